The van der Waals surface area contributed by atoms with Gasteiger partial charge in [0, 0.05) is 18.5 Å². The van der Waals surface area contributed by atoms with E-state index in [1.165, 1.54) is 0 Å². The van der Waals surface area contributed by atoms with Crippen molar-refractivity contribution in [3.8, 4) is 0 Å². The van der Waals surface area contributed by atoms with Crippen LogP contribution < -0.4 is 0 Å². The lowest BCUT2D eigenvalue weighted by Crippen LogP contribution is -2.50. The molecule has 0 bridgehead atoms. The Morgan fingerprint density at radius 2 is 1.88 bits per heavy atom. The van der Waals surface area contributed by atoms with Gasteiger partial charge in [0.25, 0.3) is 0 Å². The van der Waals surface area contributed by atoms with Crippen LogP contribution in [-0.2, 0) is 16.1 Å². The Balaban J connectivity index is 1.79. The third-order valence-corrected chi connectivity index (χ3v) is 5.59. The summed E-state index contributed by atoms with van der Waals surface area (Å²) >= 11 is 0. The minimum atomic E-state index is -1.02. The van der Waals surface area contributed by atoms with Crippen LogP contribution in [0.1, 0.15) is 43.9 Å². The maximum atomic E-state index is 13.6. The molecule has 0 saturated heterocycles. The van der Waals surface area contributed by atoms with E-state index >= 15 is 0 Å². The predicted octanol–water partition coefficient (Wildman–Crippen LogP) is 4.29. The number of nitrogens with zero attached hydrogens (tertiary/aromatic N) is 1. The van der Waals surface area contributed by atoms with Crippen molar-refractivity contribution in [2.75, 3.05) is 0 Å². The van der Waals surface area contributed by atoms with Crippen molar-refractivity contribution in [2.45, 2.75) is 39.2 Å². The highest BCUT2D eigenvalue weighted by molar-refractivity contribution is 6.10. The largest absolute Gasteiger partial charge is 0.467 e. The van der Waals surface area contributed by atoms with E-state index in [2.05, 4.69) is 13.8 Å². The topological polar surface area (TPSA) is 50.5 Å². The maximum Gasteiger partial charge on any atom is 0.241 e. The smallest absolute Gasteiger partial charge is 0.241 e. The Kier molecular flexibility index (Phi) is 3.87. The zero-order chi connectivity index (χ0) is 18.4. The second-order valence-electron chi connectivity index (χ2n) is 8.15. The first-order valence-corrected chi connectivity index (χ1v) is 9.02. The molecule has 0 radical (unpaired) electrons. The zero-order valence-electron chi connectivity index (χ0n) is 15.1. The van der Waals surface area contributed by atoms with Crippen LogP contribution in [0, 0.1) is 10.8 Å². The molecule has 1 amide bonds. The van der Waals surface area contributed by atoms with Crippen molar-refractivity contribution >= 4 is 11.7 Å². The molecule has 2 atom stereocenters. The number of carbonyl (C=O) groups excluding carboxylic acids is 2. The SMILES string of the molecule is CC1(C)CC(=O)[C@]2(C1)C(=O)N(Cc1ccco1)C=C[C@@H]2c1ccccc1. The summed E-state index contributed by atoms with van der Waals surface area (Å²) in [5.41, 5.74) is -0.186. The summed E-state index contributed by atoms with van der Waals surface area (Å²) in [6.45, 7) is 4.49. The second-order valence-corrected chi connectivity index (χ2v) is 8.15. The van der Waals surface area contributed by atoms with Gasteiger partial charge in [-0.3, -0.25) is 9.59 Å². The number of hydrogen-bond donors (Lipinski definition) is 0. The van der Waals surface area contributed by atoms with E-state index in [0.717, 1.165) is 5.56 Å². The molecule has 4 heteroatoms. The van der Waals surface area contributed by atoms with Gasteiger partial charge in [-0.1, -0.05) is 50.3 Å². The highest BCUT2D eigenvalue weighted by atomic mass is 16.3. The lowest BCUT2D eigenvalue weighted by molar-refractivity contribution is -0.148. The fourth-order valence-corrected chi connectivity index (χ4v) is 4.55. The van der Waals surface area contributed by atoms with Crippen molar-refractivity contribution in [3.63, 3.8) is 0 Å². The molecule has 26 heavy (non-hydrogen) atoms. The van der Waals surface area contributed by atoms with Crippen molar-refractivity contribution in [2.24, 2.45) is 10.8 Å². The quantitative estimate of drug-likeness (QED) is 0.777. The molecule has 1 spiro atoms. The maximum absolute atomic E-state index is 13.6. The van der Waals surface area contributed by atoms with Crippen LogP contribution in [-0.4, -0.2) is 16.6 Å². The molecular formula is C22H23NO3. The number of carbonyl (C=O) groups is 2. The lowest BCUT2D eigenvalue weighted by Gasteiger charge is -2.41. The third-order valence-electron chi connectivity index (χ3n) is 5.59. The van der Waals surface area contributed by atoms with E-state index in [1.54, 1.807) is 17.2 Å². The summed E-state index contributed by atoms with van der Waals surface area (Å²) in [6.07, 6.45) is 6.42. The van der Waals surface area contributed by atoms with E-state index < -0.39 is 5.41 Å². The van der Waals surface area contributed by atoms with Gasteiger partial charge in [0.15, 0.2) is 0 Å². The molecule has 0 N–H and O–H groups in total. The standard InChI is InChI=1S/C22H23NO3/c1-21(2)13-19(24)22(15-21)18(16-7-4-3-5-8-16)10-11-23(20(22)25)14-17-9-6-12-26-17/h3-12,18H,13-15H2,1-2H3/t18-,22-/m1/s1. The molecule has 4 nitrogen and oxygen atoms in total. The fourth-order valence-electron chi connectivity index (χ4n) is 4.55. The first-order chi connectivity index (χ1) is 12.4. The van der Waals surface area contributed by atoms with Crippen molar-refractivity contribution in [1.82, 2.24) is 4.90 Å². The monoisotopic (exact) mass is 349 g/mol. The molecule has 2 aliphatic rings. The molecule has 1 aliphatic carbocycles. The van der Waals surface area contributed by atoms with Gasteiger partial charge >= 0.3 is 0 Å². The predicted molar refractivity (Wildman–Crippen MR) is 98.0 cm³/mol. The Bertz CT molecular complexity index is 851. The molecule has 1 aliphatic heterocycles. The van der Waals surface area contributed by atoms with Gasteiger partial charge in [0.05, 0.1) is 12.8 Å². The molecule has 1 aromatic carbocycles. The Morgan fingerprint density at radius 3 is 2.50 bits per heavy atom. The van der Waals surface area contributed by atoms with Crippen LogP contribution in [0.25, 0.3) is 0 Å². The van der Waals surface area contributed by atoms with Gasteiger partial charge in [-0.05, 0) is 29.5 Å². The molecule has 4 rings (SSSR count). The normalized spacial score (nSPS) is 27.5. The van der Waals surface area contributed by atoms with Crippen LogP contribution in [0.2, 0.25) is 0 Å². The van der Waals surface area contributed by atoms with Crippen LogP contribution in [0.3, 0.4) is 0 Å². The van der Waals surface area contributed by atoms with Gasteiger partial charge in [0.1, 0.15) is 17.0 Å². The van der Waals surface area contributed by atoms with E-state index in [-0.39, 0.29) is 23.0 Å². The van der Waals surface area contributed by atoms with Gasteiger partial charge < -0.3 is 9.32 Å². The highest BCUT2D eigenvalue weighted by Crippen LogP contribution is 2.56. The first kappa shape index (κ1) is 16.8. The van der Waals surface area contributed by atoms with Gasteiger partial charge in [-0.15, -0.1) is 0 Å². The molecular weight excluding hydrogens is 326 g/mol. The number of rotatable bonds is 3. The van der Waals surface area contributed by atoms with Crippen LogP contribution in [0.5, 0.6) is 0 Å². The van der Waals surface area contributed by atoms with Crippen molar-refractivity contribution in [3.05, 3.63) is 72.3 Å². The summed E-state index contributed by atoms with van der Waals surface area (Å²) in [5.74, 6) is 0.426. The molecule has 2 heterocycles. The molecule has 2 aromatic rings. The van der Waals surface area contributed by atoms with Gasteiger partial charge in [0.2, 0.25) is 5.91 Å². The second kappa shape index (κ2) is 5.97. The molecule has 0 unspecified atom stereocenters. The van der Waals surface area contributed by atoms with Crippen LogP contribution in [0.15, 0.2) is 65.4 Å². The first-order valence-electron chi connectivity index (χ1n) is 9.02. The molecule has 134 valence electrons. The number of amides is 1. The van der Waals surface area contributed by atoms with Gasteiger partial charge in [-0.2, -0.15) is 0 Å². The number of Topliss-reactive ketones (excluding diaryl/α,β-unsaturated/α-hetero) is 1. The summed E-state index contributed by atoms with van der Waals surface area (Å²) in [4.78, 5) is 28.4. The summed E-state index contributed by atoms with van der Waals surface area (Å²) in [7, 11) is 0. The van der Waals surface area contributed by atoms with Crippen molar-refractivity contribution < 1.29 is 14.0 Å². The minimum Gasteiger partial charge on any atom is -0.467 e. The Hall–Kier alpha value is -2.62. The number of benzene rings is 1. The van der Waals surface area contributed by atoms with E-state index in [0.29, 0.717) is 25.1 Å². The van der Waals surface area contributed by atoms with Crippen molar-refractivity contribution in [1.29, 1.82) is 0 Å². The molecule has 1 fully saturated rings. The Morgan fingerprint density at radius 1 is 1.12 bits per heavy atom. The lowest BCUT2D eigenvalue weighted by atomic mass is 9.66. The average Bonchev–Trinajstić information content (AvgIpc) is 3.19. The van der Waals surface area contributed by atoms with E-state index in [1.807, 2.05) is 48.7 Å². The molecule has 1 saturated carbocycles. The van der Waals surface area contributed by atoms with E-state index in [4.69, 9.17) is 4.42 Å². The summed E-state index contributed by atoms with van der Waals surface area (Å²) < 4.78 is 5.40. The molecule has 1 aromatic heterocycles. The zero-order valence-corrected chi connectivity index (χ0v) is 15.1. The number of allylic oxidation sites excluding steroid dienone is 1. The van der Waals surface area contributed by atoms with Crippen LogP contribution in [0.4, 0.5) is 0 Å². The van der Waals surface area contributed by atoms with E-state index in [9.17, 15) is 9.59 Å². The number of ketones is 1. The van der Waals surface area contributed by atoms with Crippen LogP contribution >= 0.6 is 0 Å². The average molecular weight is 349 g/mol. The third kappa shape index (κ3) is 2.61. The summed E-state index contributed by atoms with van der Waals surface area (Å²) in [5, 5.41) is 0. The summed E-state index contributed by atoms with van der Waals surface area (Å²) in [6, 6.07) is 13.5. The minimum absolute atomic E-state index is 0.0511. The van der Waals surface area contributed by atoms with Gasteiger partial charge in [-0.25, -0.2) is 0 Å². The fraction of sp³-hybridized carbons (Fsp3) is 0.364. The number of furan rings is 1. The highest BCUT2D eigenvalue weighted by Gasteiger charge is 2.61. The Labute approximate surface area is 153 Å². The number of hydrogen-bond acceptors (Lipinski definition) is 3.